The van der Waals surface area contributed by atoms with Crippen LogP contribution in [-0.4, -0.2) is 32.1 Å². The number of rotatable bonds is 1. The number of hydrogen-bond donors (Lipinski definition) is 0. The molecule has 1 saturated heterocycles. The molecule has 84 valence electrons. The lowest BCUT2D eigenvalue weighted by atomic mass is 10.1. The number of ether oxygens (including phenoxy) is 1. The van der Waals surface area contributed by atoms with Crippen molar-refractivity contribution in [2.45, 2.75) is 12.8 Å². The first-order valence-corrected chi connectivity index (χ1v) is 5.83. The molecule has 0 saturated carbocycles. The summed E-state index contributed by atoms with van der Waals surface area (Å²) in [5, 5.41) is 0. The fourth-order valence-electron chi connectivity index (χ4n) is 2.44. The smallest absolute Gasteiger partial charge is 0.163 e. The van der Waals surface area contributed by atoms with Crippen LogP contribution in [0.1, 0.15) is 22.3 Å². The molecule has 3 nitrogen and oxygen atoms in total. The van der Waals surface area contributed by atoms with Crippen molar-refractivity contribution in [2.24, 2.45) is 0 Å². The predicted octanol–water partition coefficient (Wildman–Crippen LogP) is 1.65. The summed E-state index contributed by atoms with van der Waals surface area (Å²) in [5.74, 6) is 0.296. The van der Waals surface area contributed by atoms with Gasteiger partial charge in [-0.15, -0.1) is 0 Å². The number of morpholine rings is 1. The molecule has 0 bridgehead atoms. The first-order chi connectivity index (χ1) is 7.84. The molecule has 0 atom stereocenters. The van der Waals surface area contributed by atoms with E-state index >= 15 is 0 Å². The highest BCUT2D eigenvalue weighted by atomic mass is 16.5. The molecule has 1 aliphatic carbocycles. The Hall–Kier alpha value is -1.35. The van der Waals surface area contributed by atoms with Crippen LogP contribution in [0.4, 0.5) is 5.69 Å². The van der Waals surface area contributed by atoms with Crippen LogP contribution in [0.15, 0.2) is 18.2 Å². The molecular weight excluding hydrogens is 202 g/mol. The van der Waals surface area contributed by atoms with Gasteiger partial charge in [0.1, 0.15) is 0 Å². The molecule has 0 amide bonds. The van der Waals surface area contributed by atoms with Crippen molar-refractivity contribution in [3.8, 4) is 0 Å². The Labute approximate surface area is 95.0 Å². The second-order valence-corrected chi connectivity index (χ2v) is 4.36. The number of nitrogens with zero attached hydrogens (tertiary/aromatic N) is 1. The SMILES string of the molecule is O=C1CCc2ccc(N3CCOCC3)cc21. The molecule has 2 aliphatic rings. The maximum absolute atomic E-state index is 11.7. The Bertz CT molecular complexity index is 422. The van der Waals surface area contributed by atoms with Gasteiger partial charge in [0.15, 0.2) is 5.78 Å². The molecule has 0 aromatic heterocycles. The van der Waals surface area contributed by atoms with Crippen LogP contribution in [0.3, 0.4) is 0 Å². The highest BCUT2D eigenvalue weighted by Gasteiger charge is 2.21. The highest BCUT2D eigenvalue weighted by molar-refractivity contribution is 6.01. The fraction of sp³-hybridized carbons (Fsp3) is 0.462. The Kier molecular flexibility index (Phi) is 2.40. The number of benzene rings is 1. The molecule has 0 N–H and O–H groups in total. The lowest BCUT2D eigenvalue weighted by molar-refractivity contribution is 0.0994. The van der Waals surface area contributed by atoms with E-state index in [0.717, 1.165) is 44.0 Å². The summed E-state index contributed by atoms with van der Waals surface area (Å²) < 4.78 is 5.33. The Balaban J connectivity index is 1.91. The van der Waals surface area contributed by atoms with Crippen LogP contribution < -0.4 is 4.90 Å². The summed E-state index contributed by atoms with van der Waals surface area (Å²) in [5.41, 5.74) is 3.31. The van der Waals surface area contributed by atoms with Crippen molar-refractivity contribution >= 4 is 11.5 Å². The molecule has 1 aromatic rings. The topological polar surface area (TPSA) is 29.5 Å². The first-order valence-electron chi connectivity index (χ1n) is 5.83. The van der Waals surface area contributed by atoms with E-state index in [0.29, 0.717) is 12.2 Å². The van der Waals surface area contributed by atoms with E-state index in [1.165, 1.54) is 5.56 Å². The number of fused-ring (bicyclic) bond motifs is 1. The lowest BCUT2D eigenvalue weighted by Gasteiger charge is -2.29. The van der Waals surface area contributed by atoms with E-state index in [1.54, 1.807) is 0 Å². The van der Waals surface area contributed by atoms with Crippen LogP contribution in [0.25, 0.3) is 0 Å². The fourth-order valence-corrected chi connectivity index (χ4v) is 2.44. The number of carbonyl (C=O) groups excluding carboxylic acids is 1. The molecular formula is C13H15NO2. The summed E-state index contributed by atoms with van der Waals surface area (Å²) in [6.45, 7) is 3.41. The summed E-state index contributed by atoms with van der Waals surface area (Å²) in [4.78, 5) is 13.9. The predicted molar refractivity (Wildman–Crippen MR) is 62.1 cm³/mol. The largest absolute Gasteiger partial charge is 0.378 e. The van der Waals surface area contributed by atoms with Gasteiger partial charge in [-0.05, 0) is 24.1 Å². The zero-order valence-corrected chi connectivity index (χ0v) is 9.24. The minimum Gasteiger partial charge on any atom is -0.378 e. The van der Waals surface area contributed by atoms with Gasteiger partial charge in [0.2, 0.25) is 0 Å². The van der Waals surface area contributed by atoms with Crippen molar-refractivity contribution in [3.63, 3.8) is 0 Å². The first kappa shape index (κ1) is 9.85. The molecule has 0 radical (unpaired) electrons. The second kappa shape index (κ2) is 3.91. The molecule has 1 heterocycles. The quantitative estimate of drug-likeness (QED) is 0.716. The maximum Gasteiger partial charge on any atom is 0.163 e. The van der Waals surface area contributed by atoms with Crippen LogP contribution in [0.5, 0.6) is 0 Å². The minimum atomic E-state index is 0.296. The van der Waals surface area contributed by atoms with Gasteiger partial charge >= 0.3 is 0 Å². The van der Waals surface area contributed by atoms with Crippen molar-refractivity contribution in [1.29, 1.82) is 0 Å². The highest BCUT2D eigenvalue weighted by Crippen LogP contribution is 2.27. The normalized spacial score (nSPS) is 20.0. The van der Waals surface area contributed by atoms with Crippen LogP contribution in [-0.2, 0) is 11.2 Å². The van der Waals surface area contributed by atoms with E-state index in [9.17, 15) is 4.79 Å². The van der Waals surface area contributed by atoms with Crippen LogP contribution in [0.2, 0.25) is 0 Å². The van der Waals surface area contributed by atoms with E-state index < -0.39 is 0 Å². The van der Waals surface area contributed by atoms with Gasteiger partial charge < -0.3 is 9.64 Å². The lowest BCUT2D eigenvalue weighted by Crippen LogP contribution is -2.36. The van der Waals surface area contributed by atoms with E-state index in [2.05, 4.69) is 23.1 Å². The van der Waals surface area contributed by atoms with Gasteiger partial charge in [0.25, 0.3) is 0 Å². The monoisotopic (exact) mass is 217 g/mol. The Morgan fingerprint density at radius 3 is 2.75 bits per heavy atom. The molecule has 0 unspecified atom stereocenters. The summed E-state index contributed by atoms with van der Waals surface area (Å²) >= 11 is 0. The van der Waals surface area contributed by atoms with E-state index in [1.807, 2.05) is 0 Å². The summed E-state index contributed by atoms with van der Waals surface area (Å²) in [7, 11) is 0. The van der Waals surface area contributed by atoms with Crippen LogP contribution >= 0.6 is 0 Å². The molecule has 0 spiro atoms. The number of hydrogen-bond acceptors (Lipinski definition) is 3. The number of carbonyl (C=O) groups is 1. The number of ketones is 1. The third-order valence-corrected chi connectivity index (χ3v) is 3.39. The van der Waals surface area contributed by atoms with Crippen LogP contribution in [0, 0.1) is 0 Å². The Morgan fingerprint density at radius 2 is 1.94 bits per heavy atom. The second-order valence-electron chi connectivity index (χ2n) is 4.36. The third-order valence-electron chi connectivity index (χ3n) is 3.39. The summed E-state index contributed by atoms with van der Waals surface area (Å²) in [6, 6.07) is 6.28. The van der Waals surface area contributed by atoms with Gasteiger partial charge in [-0.1, -0.05) is 6.07 Å². The van der Waals surface area contributed by atoms with Gasteiger partial charge in [-0.3, -0.25) is 4.79 Å². The van der Waals surface area contributed by atoms with Gasteiger partial charge in [0, 0.05) is 30.8 Å². The number of anilines is 1. The molecule has 1 aliphatic heterocycles. The van der Waals surface area contributed by atoms with Crippen molar-refractivity contribution < 1.29 is 9.53 Å². The molecule has 3 heteroatoms. The van der Waals surface area contributed by atoms with Gasteiger partial charge in [0.05, 0.1) is 13.2 Å². The molecule has 16 heavy (non-hydrogen) atoms. The van der Waals surface area contributed by atoms with Crippen molar-refractivity contribution in [3.05, 3.63) is 29.3 Å². The standard InChI is InChI=1S/C13H15NO2/c15-13-4-2-10-1-3-11(9-12(10)13)14-5-7-16-8-6-14/h1,3,9H,2,4-8H2. The third kappa shape index (κ3) is 1.61. The van der Waals surface area contributed by atoms with Crippen molar-refractivity contribution in [1.82, 2.24) is 0 Å². The average molecular weight is 217 g/mol. The number of aryl methyl sites for hydroxylation is 1. The average Bonchev–Trinajstić information content (AvgIpc) is 2.72. The zero-order valence-electron chi connectivity index (χ0n) is 9.24. The van der Waals surface area contributed by atoms with E-state index in [-0.39, 0.29) is 0 Å². The van der Waals surface area contributed by atoms with E-state index in [4.69, 9.17) is 4.74 Å². The minimum absolute atomic E-state index is 0.296. The zero-order chi connectivity index (χ0) is 11.0. The van der Waals surface area contributed by atoms with Gasteiger partial charge in [-0.25, -0.2) is 0 Å². The number of Topliss-reactive ketones (excluding diaryl/α,β-unsaturated/α-hetero) is 1. The van der Waals surface area contributed by atoms with Crippen molar-refractivity contribution in [2.75, 3.05) is 31.2 Å². The molecule has 1 aromatic carbocycles. The summed E-state index contributed by atoms with van der Waals surface area (Å²) in [6.07, 6.45) is 1.60. The molecule has 1 fully saturated rings. The molecule has 3 rings (SSSR count). The van der Waals surface area contributed by atoms with Gasteiger partial charge in [-0.2, -0.15) is 0 Å². The maximum atomic E-state index is 11.7. The Morgan fingerprint density at radius 1 is 1.12 bits per heavy atom.